The highest BCUT2D eigenvalue weighted by atomic mass is 32.1. The number of carbonyl (C=O) groups excluding carboxylic acids is 2. The van der Waals surface area contributed by atoms with E-state index in [4.69, 9.17) is 9.47 Å². The molecular formula is C22H22FN3O5S. The van der Waals surface area contributed by atoms with Crippen LogP contribution < -0.4 is 5.56 Å². The number of nitrogens with zero attached hydrogens (tertiary/aromatic N) is 3. The lowest BCUT2D eigenvalue weighted by Gasteiger charge is -2.33. The lowest BCUT2D eigenvalue weighted by Crippen LogP contribution is -2.44. The van der Waals surface area contributed by atoms with Crippen LogP contribution in [0.5, 0.6) is 0 Å². The van der Waals surface area contributed by atoms with Gasteiger partial charge in [-0.05, 0) is 37.1 Å². The van der Waals surface area contributed by atoms with Crippen LogP contribution in [-0.2, 0) is 20.8 Å². The average molecular weight is 459 g/mol. The number of hydrogen-bond donors (Lipinski definition) is 0. The molecule has 0 spiro atoms. The van der Waals surface area contributed by atoms with Gasteiger partial charge in [-0.1, -0.05) is 12.1 Å². The summed E-state index contributed by atoms with van der Waals surface area (Å²) in [6, 6.07) is 5.98. The lowest BCUT2D eigenvalue weighted by molar-refractivity contribution is -0.139. The van der Waals surface area contributed by atoms with Gasteiger partial charge in [-0.3, -0.25) is 14.2 Å². The third-order valence-corrected chi connectivity index (χ3v) is 6.52. The fourth-order valence-electron chi connectivity index (χ4n) is 3.66. The second kappa shape index (κ2) is 9.17. The monoisotopic (exact) mass is 459 g/mol. The van der Waals surface area contributed by atoms with Crippen molar-refractivity contribution in [3.8, 4) is 0 Å². The molecule has 3 heterocycles. The summed E-state index contributed by atoms with van der Waals surface area (Å²) in [6.07, 6.45) is 0.961. The largest absolute Gasteiger partial charge is 0.462 e. The molecule has 1 unspecified atom stereocenters. The number of thiophene rings is 1. The molecule has 0 radical (unpaired) electrons. The number of esters is 1. The molecule has 2 aromatic heterocycles. The highest BCUT2D eigenvalue weighted by Crippen LogP contribution is 2.27. The van der Waals surface area contributed by atoms with Gasteiger partial charge < -0.3 is 14.4 Å². The fourth-order valence-corrected chi connectivity index (χ4v) is 4.70. The molecule has 1 aliphatic heterocycles. The minimum atomic E-state index is -0.491. The Hall–Kier alpha value is -3.11. The van der Waals surface area contributed by atoms with Crippen LogP contribution in [0.15, 0.2) is 35.4 Å². The molecular weight excluding hydrogens is 437 g/mol. The zero-order valence-corrected chi connectivity index (χ0v) is 18.5. The van der Waals surface area contributed by atoms with Crippen molar-refractivity contribution in [2.45, 2.75) is 26.5 Å². The first kappa shape index (κ1) is 22.1. The van der Waals surface area contributed by atoms with Crippen molar-refractivity contribution in [2.24, 2.45) is 0 Å². The molecule has 168 valence electrons. The molecule has 1 aromatic carbocycles. The molecule has 3 aromatic rings. The number of halogens is 1. The van der Waals surface area contributed by atoms with Crippen molar-refractivity contribution in [2.75, 3.05) is 26.3 Å². The molecule has 10 heteroatoms. The van der Waals surface area contributed by atoms with E-state index in [2.05, 4.69) is 4.98 Å². The number of aromatic nitrogens is 2. The molecule has 4 rings (SSSR count). The lowest BCUT2D eigenvalue weighted by atomic mass is 10.1. The standard InChI is InChI=1S/C22H22FN3O5S/c1-3-30-22(29)19-13(2)18-20(32-19)24-12-26(21(18)28)11-17(27)25-8-9-31-16(10-25)14-4-6-15(23)7-5-14/h4-7,12,16H,3,8-11H2,1-2H3. The van der Waals surface area contributed by atoms with Gasteiger partial charge in [0.25, 0.3) is 5.56 Å². The van der Waals surface area contributed by atoms with Crippen molar-refractivity contribution in [3.63, 3.8) is 0 Å². The second-order valence-electron chi connectivity index (χ2n) is 7.39. The Kier molecular flexibility index (Phi) is 6.33. The van der Waals surface area contributed by atoms with E-state index in [0.717, 1.165) is 16.9 Å². The van der Waals surface area contributed by atoms with Gasteiger partial charge in [0.05, 0.1) is 31.5 Å². The number of amides is 1. The predicted octanol–water partition coefficient (Wildman–Crippen LogP) is 2.68. The molecule has 1 saturated heterocycles. The Balaban J connectivity index is 1.53. The van der Waals surface area contributed by atoms with E-state index >= 15 is 0 Å². The molecule has 8 nitrogen and oxygen atoms in total. The number of fused-ring (bicyclic) bond motifs is 1. The minimum absolute atomic E-state index is 0.179. The van der Waals surface area contributed by atoms with E-state index in [1.54, 1.807) is 30.9 Å². The number of hydrogen-bond acceptors (Lipinski definition) is 7. The van der Waals surface area contributed by atoms with Crippen LogP contribution in [0.3, 0.4) is 0 Å². The summed E-state index contributed by atoms with van der Waals surface area (Å²) in [7, 11) is 0. The van der Waals surface area contributed by atoms with Gasteiger partial charge in [-0.2, -0.15) is 0 Å². The van der Waals surface area contributed by atoms with E-state index in [1.165, 1.54) is 23.0 Å². The number of rotatable bonds is 5. The van der Waals surface area contributed by atoms with Crippen molar-refractivity contribution in [3.05, 3.63) is 62.8 Å². The van der Waals surface area contributed by atoms with Crippen LogP contribution in [-0.4, -0.2) is 52.6 Å². The van der Waals surface area contributed by atoms with E-state index in [9.17, 15) is 18.8 Å². The first-order valence-electron chi connectivity index (χ1n) is 10.2. The van der Waals surface area contributed by atoms with E-state index < -0.39 is 5.97 Å². The van der Waals surface area contributed by atoms with Gasteiger partial charge >= 0.3 is 5.97 Å². The van der Waals surface area contributed by atoms with Gasteiger partial charge in [-0.25, -0.2) is 14.2 Å². The number of morpholine rings is 1. The molecule has 1 fully saturated rings. The van der Waals surface area contributed by atoms with Crippen molar-refractivity contribution in [1.82, 2.24) is 14.5 Å². The van der Waals surface area contributed by atoms with Crippen LogP contribution >= 0.6 is 11.3 Å². The summed E-state index contributed by atoms with van der Waals surface area (Å²) in [6.45, 7) is 4.48. The molecule has 0 aliphatic carbocycles. The van der Waals surface area contributed by atoms with Gasteiger partial charge in [0.15, 0.2) is 0 Å². The highest BCUT2D eigenvalue weighted by Gasteiger charge is 2.26. The Morgan fingerprint density at radius 1 is 1.31 bits per heavy atom. The van der Waals surface area contributed by atoms with Gasteiger partial charge in [0, 0.05) is 6.54 Å². The molecule has 0 N–H and O–H groups in total. The zero-order chi connectivity index (χ0) is 22.8. The number of benzene rings is 1. The highest BCUT2D eigenvalue weighted by molar-refractivity contribution is 7.20. The maximum atomic E-state index is 13.2. The average Bonchev–Trinajstić information content (AvgIpc) is 3.13. The first-order valence-corrected chi connectivity index (χ1v) is 11.0. The topological polar surface area (TPSA) is 90.7 Å². The van der Waals surface area contributed by atoms with Crippen molar-refractivity contribution >= 4 is 33.4 Å². The van der Waals surface area contributed by atoms with Gasteiger partial charge in [-0.15, -0.1) is 11.3 Å². The molecule has 1 aliphatic rings. The minimum Gasteiger partial charge on any atom is -0.462 e. The molecule has 0 bridgehead atoms. The number of ether oxygens (including phenoxy) is 2. The second-order valence-corrected chi connectivity index (χ2v) is 8.38. The normalized spacial score (nSPS) is 16.3. The van der Waals surface area contributed by atoms with E-state index in [-0.39, 0.29) is 36.5 Å². The third-order valence-electron chi connectivity index (χ3n) is 5.34. The Bertz CT molecular complexity index is 1220. The third kappa shape index (κ3) is 4.28. The van der Waals surface area contributed by atoms with E-state index in [0.29, 0.717) is 40.4 Å². The molecule has 32 heavy (non-hydrogen) atoms. The summed E-state index contributed by atoms with van der Waals surface area (Å²) in [5.74, 6) is -1.08. The Morgan fingerprint density at radius 3 is 2.78 bits per heavy atom. The van der Waals surface area contributed by atoms with Gasteiger partial charge in [0.1, 0.15) is 28.2 Å². The van der Waals surface area contributed by atoms with Crippen LogP contribution in [0.25, 0.3) is 10.2 Å². The van der Waals surface area contributed by atoms with Crippen LogP contribution in [0.4, 0.5) is 4.39 Å². The number of carbonyl (C=O) groups is 2. The fraction of sp³-hybridized carbons (Fsp3) is 0.364. The summed E-state index contributed by atoms with van der Waals surface area (Å²) in [5.41, 5.74) is 0.908. The SMILES string of the molecule is CCOC(=O)c1sc2ncn(CC(=O)N3CCOC(c4ccc(F)cc4)C3)c(=O)c2c1C. The summed E-state index contributed by atoms with van der Waals surface area (Å²) in [5, 5.41) is 0.319. The zero-order valence-electron chi connectivity index (χ0n) is 17.7. The number of aryl methyl sites for hydroxylation is 1. The smallest absolute Gasteiger partial charge is 0.348 e. The summed E-state index contributed by atoms with van der Waals surface area (Å²) in [4.78, 5) is 44.8. The van der Waals surface area contributed by atoms with Crippen molar-refractivity contribution < 1.29 is 23.5 Å². The van der Waals surface area contributed by atoms with E-state index in [1.807, 2.05) is 0 Å². The maximum Gasteiger partial charge on any atom is 0.348 e. The molecule has 1 amide bonds. The van der Waals surface area contributed by atoms with Crippen LogP contribution in [0.1, 0.15) is 33.8 Å². The summed E-state index contributed by atoms with van der Waals surface area (Å²) < 4.78 is 25.2. The Labute approximate surface area is 187 Å². The molecule has 0 saturated carbocycles. The molecule has 1 atom stereocenters. The summed E-state index contributed by atoms with van der Waals surface area (Å²) >= 11 is 1.10. The van der Waals surface area contributed by atoms with Crippen molar-refractivity contribution in [1.29, 1.82) is 0 Å². The quantitative estimate of drug-likeness (QED) is 0.545. The first-order chi connectivity index (χ1) is 15.4. The Morgan fingerprint density at radius 2 is 2.06 bits per heavy atom. The van der Waals surface area contributed by atoms with Gasteiger partial charge in [0.2, 0.25) is 5.91 Å². The van der Waals surface area contributed by atoms with Crippen LogP contribution in [0, 0.1) is 12.7 Å². The predicted molar refractivity (Wildman–Crippen MR) is 116 cm³/mol. The maximum absolute atomic E-state index is 13.2. The van der Waals surface area contributed by atoms with Crippen LogP contribution in [0.2, 0.25) is 0 Å².